The van der Waals surface area contributed by atoms with Crippen LogP contribution in [-0.2, 0) is 0 Å². The summed E-state index contributed by atoms with van der Waals surface area (Å²) in [7, 11) is 0. The van der Waals surface area contributed by atoms with Gasteiger partial charge in [0.25, 0.3) is 0 Å². The summed E-state index contributed by atoms with van der Waals surface area (Å²) in [5.41, 5.74) is 0. The second-order valence-electron chi connectivity index (χ2n) is 4.91. The molecule has 0 N–H and O–H groups in total. The summed E-state index contributed by atoms with van der Waals surface area (Å²) in [5.74, 6) is 0. The fourth-order valence-electron chi connectivity index (χ4n) is 1.89. The highest BCUT2D eigenvalue weighted by Crippen LogP contribution is 2.08. The molecule has 0 fully saturated rings. The third kappa shape index (κ3) is 15.5. The first-order valence-corrected chi connectivity index (χ1v) is 7.73. The Morgan fingerprint density at radius 1 is 0.529 bits per heavy atom. The number of hydrogen-bond acceptors (Lipinski definition) is 0. The first-order chi connectivity index (χ1) is 8.41. The van der Waals surface area contributed by atoms with Crippen LogP contribution in [0.4, 0.5) is 0 Å². The first kappa shape index (κ1) is 16.5. The van der Waals surface area contributed by atoms with E-state index in [-0.39, 0.29) is 0 Å². The van der Waals surface area contributed by atoms with Gasteiger partial charge in [0.2, 0.25) is 0 Å². The van der Waals surface area contributed by atoms with Crippen molar-refractivity contribution in [3.05, 3.63) is 24.3 Å². The van der Waals surface area contributed by atoms with E-state index in [1.165, 1.54) is 70.6 Å². The molecule has 0 atom stereocenters. The van der Waals surface area contributed by atoms with Crippen molar-refractivity contribution in [2.45, 2.75) is 84.5 Å². The highest BCUT2D eigenvalue weighted by atomic mass is 13.9. The molecule has 0 rings (SSSR count). The second kappa shape index (κ2) is 15.5. The highest BCUT2D eigenvalue weighted by molar-refractivity contribution is 5.02. The molecule has 0 aliphatic rings. The van der Waals surface area contributed by atoms with Crippen LogP contribution in [0.5, 0.6) is 0 Å². The van der Waals surface area contributed by atoms with Crippen molar-refractivity contribution in [3.63, 3.8) is 0 Å². The van der Waals surface area contributed by atoms with E-state index in [9.17, 15) is 0 Å². The van der Waals surface area contributed by atoms with E-state index in [4.69, 9.17) is 0 Å². The van der Waals surface area contributed by atoms with Gasteiger partial charge in [-0.3, -0.25) is 0 Å². The van der Waals surface area contributed by atoms with E-state index < -0.39 is 0 Å². The van der Waals surface area contributed by atoms with Crippen LogP contribution in [-0.4, -0.2) is 0 Å². The van der Waals surface area contributed by atoms with Crippen molar-refractivity contribution >= 4 is 0 Å². The van der Waals surface area contributed by atoms with Crippen LogP contribution < -0.4 is 0 Å². The predicted octanol–water partition coefficient (Wildman–Crippen LogP) is 6.43. The summed E-state index contributed by atoms with van der Waals surface area (Å²) >= 11 is 0. The molecular weight excluding hydrogens is 204 g/mol. The fraction of sp³-hybridized carbons (Fsp3) is 0.765. The Labute approximate surface area is 109 Å². The number of unbranched alkanes of at least 4 members (excludes halogenated alkanes) is 9. The van der Waals surface area contributed by atoms with Crippen molar-refractivity contribution in [1.82, 2.24) is 0 Å². The minimum absolute atomic E-state index is 1.23. The molecule has 0 heterocycles. The van der Waals surface area contributed by atoms with Gasteiger partial charge in [-0.15, -0.1) is 0 Å². The zero-order chi connectivity index (χ0) is 12.6. The Hall–Kier alpha value is -0.520. The van der Waals surface area contributed by atoms with Crippen LogP contribution >= 0.6 is 0 Å². The third-order valence-electron chi connectivity index (χ3n) is 3.08. The van der Waals surface area contributed by atoms with Gasteiger partial charge >= 0.3 is 0 Å². The normalized spacial score (nSPS) is 11.9. The number of allylic oxidation sites excluding steroid dienone is 4. The third-order valence-corrected chi connectivity index (χ3v) is 3.08. The Morgan fingerprint density at radius 2 is 1.00 bits per heavy atom. The van der Waals surface area contributed by atoms with Crippen LogP contribution in [0.1, 0.15) is 84.5 Å². The van der Waals surface area contributed by atoms with Crippen LogP contribution in [0.3, 0.4) is 0 Å². The van der Waals surface area contributed by atoms with Gasteiger partial charge in [-0.25, -0.2) is 0 Å². The van der Waals surface area contributed by atoms with Crippen LogP contribution in [0.25, 0.3) is 0 Å². The van der Waals surface area contributed by atoms with Gasteiger partial charge in [-0.05, 0) is 19.3 Å². The topological polar surface area (TPSA) is 0 Å². The Morgan fingerprint density at radius 3 is 1.59 bits per heavy atom. The summed E-state index contributed by atoms with van der Waals surface area (Å²) in [4.78, 5) is 0. The van der Waals surface area contributed by atoms with Crippen molar-refractivity contribution in [3.8, 4) is 0 Å². The molecule has 0 aromatic rings. The maximum Gasteiger partial charge on any atom is -0.0348 e. The minimum Gasteiger partial charge on any atom is -0.0845 e. The molecule has 0 aromatic heterocycles. The van der Waals surface area contributed by atoms with Gasteiger partial charge in [-0.2, -0.15) is 0 Å². The fourth-order valence-corrected chi connectivity index (χ4v) is 1.89. The van der Waals surface area contributed by atoms with Crippen molar-refractivity contribution < 1.29 is 0 Å². The molecule has 0 amide bonds. The minimum atomic E-state index is 1.23. The molecule has 0 saturated carbocycles. The van der Waals surface area contributed by atoms with Gasteiger partial charge in [0.1, 0.15) is 0 Å². The zero-order valence-electron chi connectivity index (χ0n) is 12.1. The molecule has 17 heavy (non-hydrogen) atoms. The SMILES string of the molecule is CCCC/C=C/C=C/CCCCCCCCC. The predicted molar refractivity (Wildman–Crippen MR) is 80.4 cm³/mol. The van der Waals surface area contributed by atoms with Gasteiger partial charge in [0, 0.05) is 0 Å². The quantitative estimate of drug-likeness (QED) is 0.270. The second-order valence-corrected chi connectivity index (χ2v) is 4.91. The molecular formula is C17H32. The van der Waals surface area contributed by atoms with Gasteiger partial charge in [-0.1, -0.05) is 89.5 Å². The first-order valence-electron chi connectivity index (χ1n) is 7.73. The van der Waals surface area contributed by atoms with Crippen molar-refractivity contribution in [2.75, 3.05) is 0 Å². The maximum absolute atomic E-state index is 2.31. The van der Waals surface area contributed by atoms with Crippen LogP contribution in [0, 0.1) is 0 Å². The number of rotatable bonds is 12. The van der Waals surface area contributed by atoms with E-state index in [1.807, 2.05) is 0 Å². The molecule has 0 aliphatic carbocycles. The smallest absolute Gasteiger partial charge is 0.0348 e. The highest BCUT2D eigenvalue weighted by Gasteiger charge is 1.88. The summed E-state index contributed by atoms with van der Waals surface area (Å²) in [6.45, 7) is 4.52. The molecule has 0 spiro atoms. The van der Waals surface area contributed by atoms with Crippen molar-refractivity contribution in [1.29, 1.82) is 0 Å². The lowest BCUT2D eigenvalue weighted by Gasteiger charge is -1.98. The van der Waals surface area contributed by atoms with Gasteiger partial charge in [0.05, 0.1) is 0 Å². The van der Waals surface area contributed by atoms with E-state index in [0.29, 0.717) is 0 Å². The Balaban J connectivity index is 3.11. The molecule has 0 aliphatic heterocycles. The average Bonchev–Trinajstić information content (AvgIpc) is 2.35. The maximum atomic E-state index is 2.31. The zero-order valence-corrected chi connectivity index (χ0v) is 12.1. The molecule has 0 saturated heterocycles. The molecule has 0 heteroatoms. The Kier molecular flexibility index (Phi) is 15.0. The average molecular weight is 236 g/mol. The largest absolute Gasteiger partial charge is 0.0845 e. The van der Waals surface area contributed by atoms with Gasteiger partial charge < -0.3 is 0 Å². The van der Waals surface area contributed by atoms with Crippen LogP contribution in [0.2, 0.25) is 0 Å². The monoisotopic (exact) mass is 236 g/mol. The summed E-state index contributed by atoms with van der Waals surface area (Å²) in [6.07, 6.45) is 24.0. The van der Waals surface area contributed by atoms with E-state index in [2.05, 4.69) is 38.2 Å². The molecule has 0 nitrogen and oxygen atoms in total. The van der Waals surface area contributed by atoms with Crippen LogP contribution in [0.15, 0.2) is 24.3 Å². The number of hydrogen-bond donors (Lipinski definition) is 0. The summed E-state index contributed by atoms with van der Waals surface area (Å²) in [6, 6.07) is 0. The summed E-state index contributed by atoms with van der Waals surface area (Å²) < 4.78 is 0. The van der Waals surface area contributed by atoms with E-state index >= 15 is 0 Å². The molecule has 0 aromatic carbocycles. The van der Waals surface area contributed by atoms with E-state index in [1.54, 1.807) is 0 Å². The van der Waals surface area contributed by atoms with Crippen molar-refractivity contribution in [2.24, 2.45) is 0 Å². The lowest BCUT2D eigenvalue weighted by atomic mass is 10.1. The molecule has 0 radical (unpaired) electrons. The summed E-state index contributed by atoms with van der Waals surface area (Å²) in [5, 5.41) is 0. The lowest BCUT2D eigenvalue weighted by molar-refractivity contribution is 0.592. The molecule has 0 bridgehead atoms. The molecule has 100 valence electrons. The standard InChI is InChI=1S/C17H32/c1-3-5-7-9-11-13-15-17-16-14-12-10-8-6-4-2/h9,11,13,15H,3-8,10,12,14,16-17H2,1-2H3/b11-9+,15-13+. The Bertz CT molecular complexity index is 176. The van der Waals surface area contributed by atoms with Gasteiger partial charge in [0.15, 0.2) is 0 Å². The molecule has 0 unspecified atom stereocenters. The van der Waals surface area contributed by atoms with E-state index in [0.717, 1.165) is 0 Å². The lowest BCUT2D eigenvalue weighted by Crippen LogP contribution is -1.78.